The fraction of sp³-hybridized carbons (Fsp3) is 0.577. The van der Waals surface area contributed by atoms with Gasteiger partial charge in [-0.1, -0.05) is 39.8 Å². The molecule has 0 amide bonds. The standard InChI is InChI=1S/C26H34O4/c1-14-8-16(3)17(9-15(14)2)22(23-18(27)10-25(4,5)11-19(23)28)24-20(29)12-26(6,7)13-21(24)30/h8-9,22-23,29H,10-13H2,1-7H3/t22-/m1/s1. The normalized spacial score (nSPS) is 23.1. The van der Waals surface area contributed by atoms with Crippen LogP contribution >= 0.6 is 0 Å². The van der Waals surface area contributed by atoms with E-state index in [1.165, 1.54) is 0 Å². The number of allylic oxidation sites excluding steroid dienone is 2. The summed E-state index contributed by atoms with van der Waals surface area (Å²) in [7, 11) is 0. The van der Waals surface area contributed by atoms with Crippen molar-refractivity contribution < 1.29 is 19.5 Å². The van der Waals surface area contributed by atoms with Crippen LogP contribution in [0, 0.1) is 37.5 Å². The lowest BCUT2D eigenvalue weighted by Crippen LogP contribution is -2.43. The van der Waals surface area contributed by atoms with Gasteiger partial charge in [0.2, 0.25) is 0 Å². The number of ketones is 3. The molecule has 4 nitrogen and oxygen atoms in total. The Morgan fingerprint density at radius 1 is 0.800 bits per heavy atom. The van der Waals surface area contributed by atoms with Gasteiger partial charge in [0, 0.05) is 37.2 Å². The average Bonchev–Trinajstić information content (AvgIpc) is 2.53. The van der Waals surface area contributed by atoms with Crippen molar-refractivity contribution in [2.24, 2.45) is 16.7 Å². The Hall–Kier alpha value is -2.23. The number of aliphatic hydroxyl groups excluding tert-OH is 1. The number of hydrogen-bond acceptors (Lipinski definition) is 4. The Labute approximate surface area is 179 Å². The Morgan fingerprint density at radius 2 is 1.30 bits per heavy atom. The molecule has 1 fully saturated rings. The predicted octanol–water partition coefficient (Wildman–Crippen LogP) is 5.47. The smallest absolute Gasteiger partial charge is 0.163 e. The summed E-state index contributed by atoms with van der Waals surface area (Å²) in [6, 6.07) is 4.02. The molecule has 2 aliphatic rings. The third kappa shape index (κ3) is 4.14. The van der Waals surface area contributed by atoms with E-state index in [9.17, 15) is 19.5 Å². The van der Waals surface area contributed by atoms with Crippen LogP contribution in [0.1, 0.15) is 81.5 Å². The van der Waals surface area contributed by atoms with E-state index in [0.29, 0.717) is 25.7 Å². The first kappa shape index (κ1) is 22.5. The molecule has 0 unspecified atom stereocenters. The first-order valence-electron chi connectivity index (χ1n) is 10.8. The van der Waals surface area contributed by atoms with Gasteiger partial charge >= 0.3 is 0 Å². The summed E-state index contributed by atoms with van der Waals surface area (Å²) < 4.78 is 0. The number of rotatable bonds is 3. The minimum atomic E-state index is -0.916. The lowest BCUT2D eigenvalue weighted by molar-refractivity contribution is -0.140. The molecule has 0 spiro atoms. The maximum absolute atomic E-state index is 13.2. The van der Waals surface area contributed by atoms with Crippen LogP contribution in [0.2, 0.25) is 0 Å². The average molecular weight is 411 g/mol. The lowest BCUT2D eigenvalue weighted by atomic mass is 9.62. The highest BCUT2D eigenvalue weighted by atomic mass is 16.3. The van der Waals surface area contributed by atoms with E-state index in [-0.39, 0.29) is 39.5 Å². The van der Waals surface area contributed by atoms with Gasteiger partial charge in [-0.3, -0.25) is 14.4 Å². The van der Waals surface area contributed by atoms with Crippen LogP contribution in [-0.2, 0) is 14.4 Å². The molecule has 0 aliphatic heterocycles. The molecule has 30 heavy (non-hydrogen) atoms. The van der Waals surface area contributed by atoms with E-state index in [1.54, 1.807) is 0 Å². The van der Waals surface area contributed by atoms with Gasteiger partial charge in [0.25, 0.3) is 0 Å². The van der Waals surface area contributed by atoms with Crippen LogP contribution in [0.3, 0.4) is 0 Å². The molecule has 1 aromatic carbocycles. The molecular weight excluding hydrogens is 376 g/mol. The van der Waals surface area contributed by atoms with Crippen molar-refractivity contribution in [3.8, 4) is 0 Å². The molecule has 2 aliphatic carbocycles. The predicted molar refractivity (Wildman–Crippen MR) is 118 cm³/mol. The van der Waals surface area contributed by atoms with E-state index in [1.807, 2.05) is 60.6 Å². The van der Waals surface area contributed by atoms with E-state index in [0.717, 1.165) is 22.3 Å². The second-order valence-corrected chi connectivity index (χ2v) is 11.0. The number of benzene rings is 1. The van der Waals surface area contributed by atoms with Gasteiger partial charge in [-0.25, -0.2) is 0 Å². The topological polar surface area (TPSA) is 71.4 Å². The summed E-state index contributed by atoms with van der Waals surface area (Å²) in [5.74, 6) is -2.01. The molecule has 0 saturated heterocycles. The van der Waals surface area contributed by atoms with Crippen LogP contribution in [0.15, 0.2) is 23.5 Å². The Kier molecular flexibility index (Phi) is 5.59. The minimum absolute atomic E-state index is 0.0318. The Morgan fingerprint density at radius 3 is 1.83 bits per heavy atom. The van der Waals surface area contributed by atoms with Crippen molar-refractivity contribution in [3.63, 3.8) is 0 Å². The summed E-state index contributed by atoms with van der Waals surface area (Å²) in [6.45, 7) is 13.7. The number of carbonyl (C=O) groups excluding carboxylic acids is 3. The van der Waals surface area contributed by atoms with E-state index < -0.39 is 11.8 Å². The third-order valence-electron chi connectivity index (χ3n) is 6.76. The highest BCUT2D eigenvalue weighted by Gasteiger charge is 2.48. The molecule has 162 valence electrons. The molecular formula is C26H34O4. The molecule has 1 atom stereocenters. The number of aryl methyl sites for hydroxylation is 3. The first-order chi connectivity index (χ1) is 13.7. The van der Waals surface area contributed by atoms with Gasteiger partial charge < -0.3 is 5.11 Å². The fourth-order valence-electron chi connectivity index (χ4n) is 5.25. The molecule has 1 aromatic rings. The van der Waals surface area contributed by atoms with Crippen molar-refractivity contribution in [1.82, 2.24) is 0 Å². The summed E-state index contributed by atoms with van der Waals surface area (Å²) in [5.41, 5.74) is 3.46. The first-order valence-corrected chi connectivity index (χ1v) is 10.8. The van der Waals surface area contributed by atoms with Gasteiger partial charge in [0.05, 0.1) is 5.92 Å². The quantitative estimate of drug-likeness (QED) is 0.671. The minimum Gasteiger partial charge on any atom is -0.512 e. The zero-order valence-electron chi connectivity index (χ0n) is 19.3. The van der Waals surface area contributed by atoms with Crippen molar-refractivity contribution in [1.29, 1.82) is 0 Å². The van der Waals surface area contributed by atoms with Crippen LogP contribution in [-0.4, -0.2) is 22.5 Å². The van der Waals surface area contributed by atoms with Gasteiger partial charge in [-0.2, -0.15) is 0 Å². The summed E-state index contributed by atoms with van der Waals surface area (Å²) >= 11 is 0. The lowest BCUT2D eigenvalue weighted by Gasteiger charge is -2.39. The number of carbonyl (C=O) groups is 3. The van der Waals surface area contributed by atoms with Crippen LogP contribution < -0.4 is 0 Å². The number of Topliss-reactive ketones (excluding diaryl/α,β-unsaturated/α-hetero) is 3. The van der Waals surface area contributed by atoms with Crippen molar-refractivity contribution in [3.05, 3.63) is 45.7 Å². The van der Waals surface area contributed by atoms with Crippen LogP contribution in [0.4, 0.5) is 0 Å². The molecule has 1 saturated carbocycles. The SMILES string of the molecule is Cc1cc(C)c([C@@H](C2=C(O)CC(C)(C)CC2=O)C2C(=O)CC(C)(C)CC2=O)cc1C. The van der Waals surface area contributed by atoms with E-state index in [4.69, 9.17) is 0 Å². The van der Waals surface area contributed by atoms with Gasteiger partial charge in [0.1, 0.15) is 17.3 Å². The van der Waals surface area contributed by atoms with Crippen LogP contribution in [0.5, 0.6) is 0 Å². The van der Waals surface area contributed by atoms with Crippen molar-refractivity contribution >= 4 is 17.3 Å². The number of aliphatic hydroxyl groups is 1. The molecule has 3 rings (SSSR count). The van der Waals surface area contributed by atoms with Crippen molar-refractivity contribution in [2.75, 3.05) is 0 Å². The molecule has 0 heterocycles. The zero-order valence-corrected chi connectivity index (χ0v) is 19.3. The molecule has 0 bridgehead atoms. The Balaban J connectivity index is 2.24. The highest BCUT2D eigenvalue weighted by molar-refractivity contribution is 6.09. The number of hydrogen-bond donors (Lipinski definition) is 1. The van der Waals surface area contributed by atoms with Crippen molar-refractivity contribution in [2.45, 2.75) is 80.1 Å². The summed E-state index contributed by atoms with van der Waals surface area (Å²) in [6.07, 6.45) is 1.28. The van der Waals surface area contributed by atoms with Gasteiger partial charge in [-0.05, 0) is 53.9 Å². The van der Waals surface area contributed by atoms with E-state index in [2.05, 4.69) is 0 Å². The monoisotopic (exact) mass is 410 g/mol. The molecule has 1 N–H and O–H groups in total. The summed E-state index contributed by atoms with van der Waals surface area (Å²) in [4.78, 5) is 39.7. The van der Waals surface area contributed by atoms with E-state index >= 15 is 0 Å². The zero-order chi connectivity index (χ0) is 22.6. The molecule has 0 radical (unpaired) electrons. The molecule has 4 heteroatoms. The summed E-state index contributed by atoms with van der Waals surface area (Å²) in [5, 5.41) is 11.0. The Bertz CT molecular complexity index is 941. The largest absolute Gasteiger partial charge is 0.512 e. The molecule has 0 aromatic heterocycles. The van der Waals surface area contributed by atoms with Crippen LogP contribution in [0.25, 0.3) is 0 Å². The van der Waals surface area contributed by atoms with Gasteiger partial charge in [-0.15, -0.1) is 0 Å². The maximum atomic E-state index is 13.2. The maximum Gasteiger partial charge on any atom is 0.163 e. The third-order valence-corrected chi connectivity index (χ3v) is 6.76. The highest BCUT2D eigenvalue weighted by Crippen LogP contribution is 2.48. The van der Waals surface area contributed by atoms with Gasteiger partial charge in [0.15, 0.2) is 5.78 Å². The second-order valence-electron chi connectivity index (χ2n) is 11.0. The fourth-order valence-corrected chi connectivity index (χ4v) is 5.25. The second kappa shape index (κ2) is 7.47.